The first-order chi connectivity index (χ1) is 15.7. The minimum atomic E-state index is -0.358. The summed E-state index contributed by atoms with van der Waals surface area (Å²) in [7, 11) is 0. The lowest BCUT2D eigenvalue weighted by molar-refractivity contribution is -0.118. The van der Waals surface area contributed by atoms with Gasteiger partial charge in [0.25, 0.3) is 5.91 Å². The van der Waals surface area contributed by atoms with Gasteiger partial charge in [0.2, 0.25) is 5.95 Å². The number of ether oxygens (including phenoxy) is 2. The van der Waals surface area contributed by atoms with E-state index in [1.54, 1.807) is 23.1 Å². The van der Waals surface area contributed by atoms with Crippen molar-refractivity contribution in [2.24, 2.45) is 0 Å². The predicted octanol–water partition coefficient (Wildman–Crippen LogP) is 4.69. The third-order valence-corrected chi connectivity index (χ3v) is 4.96. The number of aromatic nitrogens is 3. The lowest BCUT2D eigenvalue weighted by Crippen LogP contribution is -2.21. The van der Waals surface area contributed by atoms with Crippen LogP contribution < -0.4 is 14.8 Å². The van der Waals surface area contributed by atoms with Crippen molar-refractivity contribution < 1.29 is 14.3 Å². The highest BCUT2D eigenvalue weighted by Gasteiger charge is 2.11. The van der Waals surface area contributed by atoms with E-state index in [9.17, 15) is 4.79 Å². The molecule has 4 aromatic rings. The molecular weight excluding hydrogens is 472 g/mol. The molecule has 8 heteroatoms. The second-order valence-corrected chi connectivity index (χ2v) is 7.87. The first-order valence-electron chi connectivity index (χ1n) is 9.98. The van der Waals surface area contributed by atoms with Gasteiger partial charge in [0.05, 0.1) is 6.54 Å². The SMILES string of the molecule is O=C(COc1ccccc1OCc1ccccc1)Nc1ncn(Cc2cccc(Br)c2)n1. The minimum Gasteiger partial charge on any atom is -0.485 e. The van der Waals surface area contributed by atoms with E-state index in [-0.39, 0.29) is 18.5 Å². The normalized spacial score (nSPS) is 10.5. The van der Waals surface area contributed by atoms with Crippen LogP contribution in [0.5, 0.6) is 11.5 Å². The van der Waals surface area contributed by atoms with Crippen molar-refractivity contribution in [3.8, 4) is 11.5 Å². The van der Waals surface area contributed by atoms with Crippen LogP contribution in [0.2, 0.25) is 0 Å². The number of rotatable bonds is 9. The van der Waals surface area contributed by atoms with E-state index in [1.165, 1.54) is 0 Å². The van der Waals surface area contributed by atoms with Crippen LogP contribution >= 0.6 is 15.9 Å². The Labute approximate surface area is 194 Å². The van der Waals surface area contributed by atoms with Gasteiger partial charge in [-0.05, 0) is 35.4 Å². The van der Waals surface area contributed by atoms with E-state index in [1.807, 2.05) is 66.7 Å². The summed E-state index contributed by atoms with van der Waals surface area (Å²) in [6.45, 7) is 0.767. The smallest absolute Gasteiger partial charge is 0.264 e. The number of carbonyl (C=O) groups is 1. The van der Waals surface area contributed by atoms with E-state index in [2.05, 4.69) is 31.3 Å². The molecule has 1 aromatic heterocycles. The highest BCUT2D eigenvalue weighted by molar-refractivity contribution is 9.10. The number of hydrogen-bond acceptors (Lipinski definition) is 5. The van der Waals surface area contributed by atoms with Crippen LogP contribution in [0.3, 0.4) is 0 Å². The average molecular weight is 493 g/mol. The molecule has 0 unspecified atom stereocenters. The first-order valence-corrected chi connectivity index (χ1v) is 10.8. The van der Waals surface area contributed by atoms with Gasteiger partial charge in [-0.2, -0.15) is 0 Å². The molecule has 32 heavy (non-hydrogen) atoms. The minimum absolute atomic E-state index is 0.189. The largest absolute Gasteiger partial charge is 0.485 e. The highest BCUT2D eigenvalue weighted by atomic mass is 79.9. The van der Waals surface area contributed by atoms with Gasteiger partial charge < -0.3 is 9.47 Å². The van der Waals surface area contributed by atoms with Crippen molar-refractivity contribution in [1.29, 1.82) is 0 Å². The first kappa shape index (κ1) is 21.6. The Morgan fingerprint density at radius 3 is 2.41 bits per heavy atom. The summed E-state index contributed by atoms with van der Waals surface area (Å²) in [5.74, 6) is 0.928. The molecule has 1 heterocycles. The van der Waals surface area contributed by atoms with E-state index >= 15 is 0 Å². The third kappa shape index (κ3) is 6.18. The molecule has 0 radical (unpaired) electrons. The summed E-state index contributed by atoms with van der Waals surface area (Å²) < 4.78 is 14.2. The van der Waals surface area contributed by atoms with Crippen molar-refractivity contribution in [1.82, 2.24) is 14.8 Å². The summed E-state index contributed by atoms with van der Waals surface area (Å²) in [5.41, 5.74) is 2.11. The van der Waals surface area contributed by atoms with E-state index < -0.39 is 0 Å². The molecule has 0 aliphatic carbocycles. The molecule has 0 aliphatic heterocycles. The number of anilines is 1. The van der Waals surface area contributed by atoms with Gasteiger partial charge >= 0.3 is 0 Å². The van der Waals surface area contributed by atoms with Crippen molar-refractivity contribution in [3.05, 3.63) is 101 Å². The Kier molecular flexibility index (Phi) is 7.14. The maximum atomic E-state index is 12.3. The van der Waals surface area contributed by atoms with Crippen LogP contribution in [0, 0.1) is 0 Å². The predicted molar refractivity (Wildman–Crippen MR) is 125 cm³/mol. The van der Waals surface area contributed by atoms with Gasteiger partial charge in [0.15, 0.2) is 18.1 Å². The van der Waals surface area contributed by atoms with Crippen molar-refractivity contribution in [2.45, 2.75) is 13.2 Å². The molecule has 0 atom stereocenters. The number of nitrogens with zero attached hydrogens (tertiary/aromatic N) is 3. The van der Waals surface area contributed by atoms with Crippen LogP contribution in [0.15, 0.2) is 89.7 Å². The molecule has 1 N–H and O–H groups in total. The lowest BCUT2D eigenvalue weighted by Gasteiger charge is -2.12. The maximum absolute atomic E-state index is 12.3. The summed E-state index contributed by atoms with van der Waals surface area (Å²) in [6, 6.07) is 25.0. The molecule has 162 valence electrons. The topological polar surface area (TPSA) is 78.3 Å². The van der Waals surface area contributed by atoms with Crippen LogP contribution in [0.25, 0.3) is 0 Å². The van der Waals surface area contributed by atoms with Gasteiger partial charge in [0, 0.05) is 4.47 Å². The van der Waals surface area contributed by atoms with Gasteiger partial charge in [-0.1, -0.05) is 70.5 Å². The van der Waals surface area contributed by atoms with Gasteiger partial charge in [-0.3, -0.25) is 10.1 Å². The number of nitrogens with one attached hydrogen (secondary N) is 1. The summed E-state index contributed by atoms with van der Waals surface area (Å²) in [6.07, 6.45) is 1.57. The van der Waals surface area contributed by atoms with Crippen molar-refractivity contribution >= 4 is 27.8 Å². The zero-order chi connectivity index (χ0) is 22.2. The van der Waals surface area contributed by atoms with Crippen LogP contribution in [-0.2, 0) is 17.9 Å². The van der Waals surface area contributed by atoms with Gasteiger partial charge in [-0.25, -0.2) is 9.67 Å². The second kappa shape index (κ2) is 10.6. The maximum Gasteiger partial charge on any atom is 0.264 e. The summed E-state index contributed by atoms with van der Waals surface area (Å²) >= 11 is 3.45. The van der Waals surface area contributed by atoms with Gasteiger partial charge in [-0.15, -0.1) is 5.10 Å². The molecule has 0 saturated heterocycles. The summed E-state index contributed by atoms with van der Waals surface area (Å²) in [5, 5.41) is 6.94. The molecule has 0 aliphatic rings. The Balaban J connectivity index is 1.29. The molecule has 3 aromatic carbocycles. The third-order valence-electron chi connectivity index (χ3n) is 4.47. The van der Waals surface area contributed by atoms with Crippen molar-refractivity contribution in [2.75, 3.05) is 11.9 Å². The lowest BCUT2D eigenvalue weighted by atomic mass is 10.2. The molecule has 0 fully saturated rings. The molecule has 0 saturated carbocycles. The van der Waals surface area contributed by atoms with Crippen molar-refractivity contribution in [3.63, 3.8) is 0 Å². The molecule has 0 spiro atoms. The van der Waals surface area contributed by atoms with E-state index in [4.69, 9.17) is 9.47 Å². The zero-order valence-corrected chi connectivity index (χ0v) is 18.7. The standard InChI is InChI=1S/C24H21BrN4O3/c25-20-10-6-9-19(13-20)14-29-17-26-24(28-29)27-23(30)16-32-22-12-5-4-11-21(22)31-15-18-7-2-1-3-8-18/h1-13,17H,14-16H2,(H,27,28,30). The summed E-state index contributed by atoms with van der Waals surface area (Å²) in [4.78, 5) is 16.5. The number of hydrogen-bond donors (Lipinski definition) is 1. The molecule has 4 rings (SSSR count). The Bertz CT molecular complexity index is 1180. The molecule has 1 amide bonds. The zero-order valence-electron chi connectivity index (χ0n) is 17.1. The molecular formula is C24H21BrN4O3. The van der Waals surface area contributed by atoms with E-state index in [0.29, 0.717) is 24.7 Å². The molecule has 0 bridgehead atoms. The quantitative estimate of drug-likeness (QED) is 0.366. The Morgan fingerprint density at radius 1 is 0.906 bits per heavy atom. The average Bonchev–Trinajstić information content (AvgIpc) is 3.24. The van der Waals surface area contributed by atoms with E-state index in [0.717, 1.165) is 15.6 Å². The monoisotopic (exact) mass is 492 g/mol. The fourth-order valence-corrected chi connectivity index (χ4v) is 3.43. The van der Waals surface area contributed by atoms with Crippen LogP contribution in [-0.4, -0.2) is 27.3 Å². The fraction of sp³-hybridized carbons (Fsp3) is 0.125. The number of benzene rings is 3. The number of amides is 1. The number of carbonyl (C=O) groups excluding carboxylic acids is 1. The van der Waals surface area contributed by atoms with Crippen LogP contribution in [0.4, 0.5) is 5.95 Å². The second-order valence-electron chi connectivity index (χ2n) is 6.95. The Hall–Kier alpha value is -3.65. The molecule has 7 nitrogen and oxygen atoms in total. The van der Waals surface area contributed by atoms with Crippen LogP contribution in [0.1, 0.15) is 11.1 Å². The highest BCUT2D eigenvalue weighted by Crippen LogP contribution is 2.27. The Morgan fingerprint density at radius 2 is 1.62 bits per heavy atom. The van der Waals surface area contributed by atoms with Gasteiger partial charge in [0.1, 0.15) is 12.9 Å². The number of halogens is 1. The fourth-order valence-electron chi connectivity index (χ4n) is 2.98. The number of para-hydroxylation sites is 2.